The molecule has 4 nitrogen and oxygen atoms in total. The van der Waals surface area contributed by atoms with Crippen molar-refractivity contribution in [2.75, 3.05) is 32.8 Å². The normalized spacial score (nSPS) is 19.1. The van der Waals surface area contributed by atoms with Gasteiger partial charge in [0.25, 0.3) is 0 Å². The number of piperidine rings is 1. The van der Waals surface area contributed by atoms with Gasteiger partial charge < -0.3 is 15.0 Å². The third-order valence-corrected chi connectivity index (χ3v) is 5.37. The maximum atomic E-state index is 12.4. The number of nitrogens with one attached hydrogen (secondary N) is 1. The first-order valence-corrected chi connectivity index (χ1v) is 8.91. The summed E-state index contributed by atoms with van der Waals surface area (Å²) in [5.74, 6) is 1.20. The Hall–Kier alpha value is -1.26. The van der Waals surface area contributed by atoms with Crippen LogP contribution in [0.2, 0.25) is 0 Å². The van der Waals surface area contributed by atoms with Gasteiger partial charge in [0.15, 0.2) is 0 Å². The summed E-state index contributed by atoms with van der Waals surface area (Å²) in [6.45, 7) is 6.82. The molecule has 24 heavy (non-hydrogen) atoms. The Morgan fingerprint density at radius 3 is 2.50 bits per heavy atom. The summed E-state index contributed by atoms with van der Waals surface area (Å²) in [5, 5.41) is 3.47. The molecule has 2 fully saturated rings. The number of hydrogen-bond acceptors (Lipinski definition) is 3. The van der Waals surface area contributed by atoms with E-state index in [1.807, 2.05) is 19.1 Å². The summed E-state index contributed by atoms with van der Waals surface area (Å²) in [4.78, 5) is 14.5. The minimum atomic E-state index is 0. The standard InChI is InChI=1S/C19H28N2O2.ClH/c1-2-23-17-6-3-16(4-7-17)5-8-18(22)21-13-10-19(11-14-21)9-12-20-15-19;/h3-4,6-7,20H,2,5,8-15H2,1H3;1H. The average Bonchev–Trinajstić information content (AvgIpc) is 3.03. The van der Waals surface area contributed by atoms with Crippen LogP contribution in [0.4, 0.5) is 0 Å². The van der Waals surface area contributed by atoms with Gasteiger partial charge in [-0.05, 0) is 62.3 Å². The van der Waals surface area contributed by atoms with Crippen LogP contribution in [-0.2, 0) is 11.2 Å². The lowest BCUT2D eigenvalue weighted by molar-refractivity contribution is -0.133. The first-order valence-electron chi connectivity index (χ1n) is 8.91. The van der Waals surface area contributed by atoms with Crippen LogP contribution in [0.5, 0.6) is 5.75 Å². The van der Waals surface area contributed by atoms with Gasteiger partial charge >= 0.3 is 0 Å². The van der Waals surface area contributed by atoms with E-state index in [1.54, 1.807) is 0 Å². The van der Waals surface area contributed by atoms with Crippen molar-refractivity contribution in [2.45, 2.75) is 39.0 Å². The molecule has 1 spiro atoms. The van der Waals surface area contributed by atoms with Crippen molar-refractivity contribution in [1.82, 2.24) is 10.2 Å². The molecule has 2 aliphatic rings. The molecule has 1 aromatic carbocycles. The third kappa shape index (κ3) is 4.64. The van der Waals surface area contributed by atoms with Crippen molar-refractivity contribution in [3.05, 3.63) is 29.8 Å². The Bertz CT molecular complexity index is 517. The van der Waals surface area contributed by atoms with Crippen molar-refractivity contribution >= 4 is 18.3 Å². The topological polar surface area (TPSA) is 41.6 Å². The maximum Gasteiger partial charge on any atom is 0.222 e. The van der Waals surface area contributed by atoms with E-state index in [0.717, 1.165) is 51.2 Å². The van der Waals surface area contributed by atoms with Crippen LogP contribution >= 0.6 is 12.4 Å². The molecule has 0 bridgehead atoms. The molecule has 134 valence electrons. The summed E-state index contributed by atoms with van der Waals surface area (Å²) < 4.78 is 5.45. The fourth-order valence-electron chi connectivity index (χ4n) is 3.78. The zero-order valence-corrected chi connectivity index (χ0v) is 15.4. The van der Waals surface area contributed by atoms with E-state index < -0.39 is 0 Å². The van der Waals surface area contributed by atoms with Gasteiger partial charge in [0.05, 0.1) is 6.61 Å². The van der Waals surface area contributed by atoms with Crippen molar-refractivity contribution in [3.8, 4) is 5.75 Å². The molecule has 2 aliphatic heterocycles. The highest BCUT2D eigenvalue weighted by atomic mass is 35.5. The van der Waals surface area contributed by atoms with Crippen molar-refractivity contribution in [2.24, 2.45) is 5.41 Å². The van der Waals surface area contributed by atoms with E-state index >= 15 is 0 Å². The highest BCUT2D eigenvalue weighted by Gasteiger charge is 2.37. The number of carbonyl (C=O) groups is 1. The van der Waals surface area contributed by atoms with E-state index in [4.69, 9.17) is 4.74 Å². The molecular weight excluding hydrogens is 324 g/mol. The number of benzene rings is 1. The summed E-state index contributed by atoms with van der Waals surface area (Å²) in [6.07, 6.45) is 5.03. The van der Waals surface area contributed by atoms with Crippen LogP contribution in [0, 0.1) is 5.41 Å². The average molecular weight is 353 g/mol. The number of nitrogens with zero attached hydrogens (tertiary/aromatic N) is 1. The Morgan fingerprint density at radius 2 is 1.92 bits per heavy atom. The van der Waals surface area contributed by atoms with E-state index in [2.05, 4.69) is 22.3 Å². The Labute approximate surface area is 151 Å². The molecule has 0 saturated carbocycles. The molecule has 5 heteroatoms. The fraction of sp³-hybridized carbons (Fsp3) is 0.632. The first-order chi connectivity index (χ1) is 11.2. The monoisotopic (exact) mass is 352 g/mol. The Morgan fingerprint density at radius 1 is 1.21 bits per heavy atom. The third-order valence-electron chi connectivity index (χ3n) is 5.37. The Kier molecular flexibility index (Phi) is 6.93. The van der Waals surface area contributed by atoms with Crippen LogP contribution in [-0.4, -0.2) is 43.6 Å². The van der Waals surface area contributed by atoms with Crippen LogP contribution < -0.4 is 10.1 Å². The summed E-state index contributed by atoms with van der Waals surface area (Å²) in [6, 6.07) is 8.10. The number of halogens is 1. The maximum absolute atomic E-state index is 12.4. The van der Waals surface area contributed by atoms with E-state index in [1.165, 1.54) is 12.0 Å². The molecule has 1 amide bonds. The molecule has 0 unspecified atom stereocenters. The van der Waals surface area contributed by atoms with Gasteiger partial charge in [-0.3, -0.25) is 4.79 Å². The quantitative estimate of drug-likeness (QED) is 0.885. The number of amides is 1. The minimum absolute atomic E-state index is 0. The van der Waals surface area contributed by atoms with Gasteiger partial charge in [-0.15, -0.1) is 12.4 Å². The number of rotatable bonds is 5. The van der Waals surface area contributed by atoms with Gasteiger partial charge in [-0.1, -0.05) is 12.1 Å². The summed E-state index contributed by atoms with van der Waals surface area (Å²) in [5.41, 5.74) is 1.68. The molecule has 2 heterocycles. The zero-order chi connectivity index (χ0) is 16.1. The lowest BCUT2D eigenvalue weighted by Crippen LogP contribution is -2.44. The van der Waals surface area contributed by atoms with Crippen LogP contribution in [0.3, 0.4) is 0 Å². The van der Waals surface area contributed by atoms with Gasteiger partial charge in [-0.2, -0.15) is 0 Å². The lowest BCUT2D eigenvalue weighted by atomic mass is 9.78. The number of ether oxygens (including phenoxy) is 1. The van der Waals surface area contributed by atoms with Gasteiger partial charge in [0, 0.05) is 26.1 Å². The molecule has 0 radical (unpaired) electrons. The largest absolute Gasteiger partial charge is 0.494 e. The van der Waals surface area contributed by atoms with Crippen LogP contribution in [0.1, 0.15) is 38.2 Å². The summed E-state index contributed by atoms with van der Waals surface area (Å²) >= 11 is 0. The molecular formula is C19H29ClN2O2. The smallest absolute Gasteiger partial charge is 0.222 e. The second kappa shape index (κ2) is 8.72. The van der Waals surface area contributed by atoms with E-state index in [-0.39, 0.29) is 12.4 Å². The molecule has 3 rings (SSSR count). The Balaban J connectivity index is 0.00000208. The predicted molar refractivity (Wildman–Crippen MR) is 98.9 cm³/mol. The lowest BCUT2D eigenvalue weighted by Gasteiger charge is -2.39. The first kappa shape index (κ1) is 19.1. The highest BCUT2D eigenvalue weighted by Crippen LogP contribution is 2.37. The number of likely N-dealkylation sites (tertiary alicyclic amines) is 1. The van der Waals surface area contributed by atoms with Gasteiger partial charge in [-0.25, -0.2) is 0 Å². The zero-order valence-electron chi connectivity index (χ0n) is 14.6. The summed E-state index contributed by atoms with van der Waals surface area (Å²) in [7, 11) is 0. The van der Waals surface area contributed by atoms with Gasteiger partial charge in [0.1, 0.15) is 5.75 Å². The molecule has 0 atom stereocenters. The fourth-order valence-corrected chi connectivity index (χ4v) is 3.78. The molecule has 1 aromatic rings. The molecule has 0 aromatic heterocycles. The van der Waals surface area contributed by atoms with Crippen LogP contribution in [0.15, 0.2) is 24.3 Å². The molecule has 2 saturated heterocycles. The number of hydrogen-bond donors (Lipinski definition) is 1. The van der Waals surface area contributed by atoms with Crippen molar-refractivity contribution in [3.63, 3.8) is 0 Å². The molecule has 1 N–H and O–H groups in total. The van der Waals surface area contributed by atoms with E-state index in [9.17, 15) is 4.79 Å². The van der Waals surface area contributed by atoms with Crippen molar-refractivity contribution < 1.29 is 9.53 Å². The second-order valence-corrected chi connectivity index (χ2v) is 6.88. The minimum Gasteiger partial charge on any atom is -0.494 e. The number of aryl methyl sites for hydroxylation is 1. The van der Waals surface area contributed by atoms with Gasteiger partial charge in [0.2, 0.25) is 5.91 Å². The SMILES string of the molecule is CCOc1ccc(CCC(=O)N2CCC3(CCNC3)CC2)cc1.Cl. The second-order valence-electron chi connectivity index (χ2n) is 6.88. The highest BCUT2D eigenvalue weighted by molar-refractivity contribution is 5.85. The van der Waals surface area contributed by atoms with Crippen molar-refractivity contribution in [1.29, 1.82) is 0 Å². The van der Waals surface area contributed by atoms with Crippen LogP contribution in [0.25, 0.3) is 0 Å². The van der Waals surface area contributed by atoms with E-state index in [0.29, 0.717) is 24.3 Å². The number of carbonyl (C=O) groups excluding carboxylic acids is 1. The molecule has 0 aliphatic carbocycles. The predicted octanol–water partition coefficient (Wildman–Crippen LogP) is 3.04.